The first-order chi connectivity index (χ1) is 13.1. The van der Waals surface area contributed by atoms with Crippen LogP contribution in [0.15, 0.2) is 48.5 Å². The summed E-state index contributed by atoms with van der Waals surface area (Å²) in [7, 11) is 0. The minimum absolute atomic E-state index is 0.0514. The zero-order chi connectivity index (χ0) is 20.6. The van der Waals surface area contributed by atoms with E-state index in [0.29, 0.717) is 24.3 Å². The number of rotatable bonds is 4. The Kier molecular flexibility index (Phi) is 5.25. The fourth-order valence-corrected chi connectivity index (χ4v) is 2.71. The Bertz CT molecular complexity index is 989. The van der Waals surface area contributed by atoms with Crippen LogP contribution in [0.4, 0.5) is 30.7 Å². The molecule has 0 aliphatic rings. The van der Waals surface area contributed by atoms with Gasteiger partial charge in [0.05, 0.1) is 5.56 Å². The van der Waals surface area contributed by atoms with E-state index in [4.69, 9.17) is 11.6 Å². The Morgan fingerprint density at radius 2 is 1.21 bits per heavy atom. The first kappa shape index (κ1) is 20.0. The normalized spacial score (nSPS) is 11.6. The SMILES string of the molecule is Fc1ccc(-c2c(F)cc(OC(F)(F)c3c(F)cc(Cl)cc3F)cc2F)cc1. The molecule has 0 N–H and O–H groups in total. The molecular weight excluding hydrogens is 413 g/mol. The first-order valence-corrected chi connectivity index (χ1v) is 7.93. The van der Waals surface area contributed by atoms with Crippen molar-refractivity contribution in [1.29, 1.82) is 0 Å². The third-order valence-corrected chi connectivity index (χ3v) is 3.91. The van der Waals surface area contributed by atoms with Gasteiger partial charge in [-0.2, -0.15) is 8.78 Å². The van der Waals surface area contributed by atoms with E-state index in [1.807, 2.05) is 0 Å². The molecule has 0 aliphatic carbocycles. The second-order valence-corrected chi connectivity index (χ2v) is 6.07. The summed E-state index contributed by atoms with van der Waals surface area (Å²) in [5.41, 5.74) is -2.43. The molecule has 0 saturated heterocycles. The molecule has 3 rings (SSSR count). The van der Waals surface area contributed by atoms with Crippen molar-refractivity contribution in [2.75, 3.05) is 0 Å². The van der Waals surface area contributed by atoms with Gasteiger partial charge in [0.2, 0.25) is 0 Å². The van der Waals surface area contributed by atoms with E-state index in [1.54, 1.807) is 0 Å². The van der Waals surface area contributed by atoms with Crippen LogP contribution >= 0.6 is 11.6 Å². The quantitative estimate of drug-likeness (QED) is 0.420. The van der Waals surface area contributed by atoms with Crippen LogP contribution in [0.5, 0.6) is 5.75 Å². The van der Waals surface area contributed by atoms with Gasteiger partial charge in [-0.05, 0) is 29.8 Å². The lowest BCUT2D eigenvalue weighted by molar-refractivity contribution is -0.189. The van der Waals surface area contributed by atoms with Crippen LogP contribution in [0.25, 0.3) is 11.1 Å². The maximum atomic E-state index is 14.3. The zero-order valence-corrected chi connectivity index (χ0v) is 14.3. The van der Waals surface area contributed by atoms with E-state index in [0.717, 1.165) is 24.3 Å². The fourth-order valence-electron chi connectivity index (χ4n) is 2.52. The van der Waals surface area contributed by atoms with Crippen LogP contribution in [-0.4, -0.2) is 0 Å². The van der Waals surface area contributed by atoms with Gasteiger partial charge in [0.15, 0.2) is 0 Å². The van der Waals surface area contributed by atoms with Crippen LogP contribution < -0.4 is 4.74 Å². The molecule has 0 fully saturated rings. The molecule has 146 valence electrons. The largest absolute Gasteiger partial charge is 0.432 e. The molecule has 0 radical (unpaired) electrons. The summed E-state index contributed by atoms with van der Waals surface area (Å²) in [6, 6.07) is 5.81. The molecular formula is C19H8ClF7O. The van der Waals surface area contributed by atoms with Crippen molar-refractivity contribution in [3.63, 3.8) is 0 Å². The third kappa shape index (κ3) is 3.91. The zero-order valence-electron chi connectivity index (χ0n) is 13.6. The molecule has 0 aromatic heterocycles. The van der Waals surface area contributed by atoms with E-state index in [-0.39, 0.29) is 5.56 Å². The topological polar surface area (TPSA) is 9.23 Å². The van der Waals surface area contributed by atoms with Gasteiger partial charge in [0.1, 0.15) is 40.4 Å². The van der Waals surface area contributed by atoms with Gasteiger partial charge in [-0.25, -0.2) is 22.0 Å². The minimum Gasteiger partial charge on any atom is -0.429 e. The number of halogens is 8. The van der Waals surface area contributed by atoms with Crippen LogP contribution in [-0.2, 0) is 6.11 Å². The molecule has 0 saturated carbocycles. The standard InChI is InChI=1S/C19H8ClF7O/c20-10-5-15(24)18(16(25)6-10)19(26,27)28-12-7-13(22)17(14(23)8-12)9-1-3-11(21)4-2-9/h1-8H. The summed E-state index contributed by atoms with van der Waals surface area (Å²) >= 11 is 5.37. The van der Waals surface area contributed by atoms with Crippen LogP contribution in [0.2, 0.25) is 5.02 Å². The summed E-state index contributed by atoms with van der Waals surface area (Å²) in [4.78, 5) is 0. The average Bonchev–Trinajstić information content (AvgIpc) is 2.54. The van der Waals surface area contributed by atoms with Crippen LogP contribution in [0.3, 0.4) is 0 Å². The van der Waals surface area contributed by atoms with Crippen molar-refractivity contribution < 1.29 is 35.5 Å². The molecule has 9 heteroatoms. The van der Waals surface area contributed by atoms with Gasteiger partial charge in [-0.3, -0.25) is 0 Å². The van der Waals surface area contributed by atoms with Gasteiger partial charge in [-0.15, -0.1) is 0 Å². The summed E-state index contributed by atoms with van der Waals surface area (Å²) < 4.78 is 101. The molecule has 28 heavy (non-hydrogen) atoms. The number of hydrogen-bond acceptors (Lipinski definition) is 1. The Balaban J connectivity index is 1.98. The Morgan fingerprint density at radius 3 is 1.71 bits per heavy atom. The smallest absolute Gasteiger partial charge is 0.429 e. The summed E-state index contributed by atoms with van der Waals surface area (Å²) in [6.07, 6.45) is -4.59. The minimum atomic E-state index is -4.59. The average molecular weight is 421 g/mol. The summed E-state index contributed by atoms with van der Waals surface area (Å²) in [6.45, 7) is 0. The molecule has 0 atom stereocenters. The Morgan fingerprint density at radius 1 is 0.714 bits per heavy atom. The number of alkyl halides is 2. The van der Waals surface area contributed by atoms with Crippen molar-refractivity contribution in [2.45, 2.75) is 6.11 Å². The Labute approximate surface area is 158 Å². The molecule has 0 amide bonds. The van der Waals surface area contributed by atoms with Crippen molar-refractivity contribution in [3.8, 4) is 16.9 Å². The lowest BCUT2D eigenvalue weighted by Gasteiger charge is -2.20. The van der Waals surface area contributed by atoms with E-state index in [9.17, 15) is 30.7 Å². The highest BCUT2D eigenvalue weighted by Crippen LogP contribution is 2.38. The molecule has 0 aliphatic heterocycles. The predicted molar refractivity (Wildman–Crippen MR) is 87.6 cm³/mol. The van der Waals surface area contributed by atoms with Crippen molar-refractivity contribution in [3.05, 3.63) is 88.2 Å². The highest BCUT2D eigenvalue weighted by atomic mass is 35.5. The van der Waals surface area contributed by atoms with Crippen molar-refractivity contribution in [1.82, 2.24) is 0 Å². The van der Waals surface area contributed by atoms with Crippen molar-refractivity contribution in [2.24, 2.45) is 0 Å². The van der Waals surface area contributed by atoms with E-state index in [2.05, 4.69) is 4.74 Å². The Hall–Kier alpha value is -2.74. The van der Waals surface area contributed by atoms with E-state index >= 15 is 0 Å². The van der Waals surface area contributed by atoms with Crippen LogP contribution in [0, 0.1) is 29.1 Å². The molecule has 0 spiro atoms. The van der Waals surface area contributed by atoms with Crippen LogP contribution in [0.1, 0.15) is 5.56 Å². The molecule has 0 heterocycles. The van der Waals surface area contributed by atoms with Gasteiger partial charge in [0.25, 0.3) is 0 Å². The lowest BCUT2D eigenvalue weighted by atomic mass is 10.0. The molecule has 0 bridgehead atoms. The summed E-state index contributed by atoms with van der Waals surface area (Å²) in [5.74, 6) is -7.64. The van der Waals surface area contributed by atoms with E-state index < -0.39 is 57.1 Å². The maximum Gasteiger partial charge on any atom is 0.432 e. The van der Waals surface area contributed by atoms with Gasteiger partial charge in [-0.1, -0.05) is 23.7 Å². The van der Waals surface area contributed by atoms with Gasteiger partial charge >= 0.3 is 6.11 Å². The van der Waals surface area contributed by atoms with Gasteiger partial charge < -0.3 is 4.74 Å². The summed E-state index contributed by atoms with van der Waals surface area (Å²) in [5, 5.41) is -0.463. The first-order valence-electron chi connectivity index (χ1n) is 7.55. The molecule has 3 aromatic rings. The predicted octanol–water partition coefficient (Wildman–Crippen LogP) is 6.83. The number of benzene rings is 3. The second kappa shape index (κ2) is 7.35. The highest BCUT2D eigenvalue weighted by molar-refractivity contribution is 6.30. The lowest BCUT2D eigenvalue weighted by Crippen LogP contribution is -2.25. The molecule has 0 unspecified atom stereocenters. The number of hydrogen-bond donors (Lipinski definition) is 0. The number of ether oxygens (including phenoxy) is 1. The molecule has 1 nitrogen and oxygen atoms in total. The highest BCUT2D eigenvalue weighted by Gasteiger charge is 2.41. The van der Waals surface area contributed by atoms with E-state index in [1.165, 1.54) is 0 Å². The maximum absolute atomic E-state index is 14.3. The third-order valence-electron chi connectivity index (χ3n) is 3.69. The molecule has 3 aromatic carbocycles. The second-order valence-electron chi connectivity index (χ2n) is 5.63. The van der Waals surface area contributed by atoms with Gasteiger partial charge in [0, 0.05) is 17.2 Å². The van der Waals surface area contributed by atoms with Crippen molar-refractivity contribution >= 4 is 11.6 Å². The fraction of sp³-hybridized carbons (Fsp3) is 0.0526. The monoisotopic (exact) mass is 420 g/mol.